The SMILES string of the molecule is Cc1n[nH]c(C)c1CNc1cnn(C)c(=O)c1Br. The minimum Gasteiger partial charge on any atom is -0.378 e. The number of H-pyrrole nitrogens is 1. The molecule has 0 fully saturated rings. The number of aryl methyl sites for hydroxylation is 3. The number of aromatic amines is 1. The van der Waals surface area contributed by atoms with Crippen LogP contribution in [0.3, 0.4) is 0 Å². The molecule has 0 saturated carbocycles. The molecule has 96 valence electrons. The zero-order valence-electron chi connectivity index (χ0n) is 10.4. The van der Waals surface area contributed by atoms with Crippen LogP contribution in [0.5, 0.6) is 0 Å². The van der Waals surface area contributed by atoms with Crippen LogP contribution in [0.1, 0.15) is 17.0 Å². The molecule has 2 rings (SSSR count). The van der Waals surface area contributed by atoms with Crippen molar-refractivity contribution < 1.29 is 0 Å². The number of aromatic nitrogens is 4. The third kappa shape index (κ3) is 2.31. The maximum atomic E-state index is 11.7. The molecule has 0 bridgehead atoms. The van der Waals surface area contributed by atoms with Crippen LogP contribution in [0.4, 0.5) is 5.69 Å². The van der Waals surface area contributed by atoms with E-state index < -0.39 is 0 Å². The molecule has 0 radical (unpaired) electrons. The molecule has 0 aliphatic heterocycles. The van der Waals surface area contributed by atoms with Crippen LogP contribution in [-0.2, 0) is 13.6 Å². The third-order valence-electron chi connectivity index (χ3n) is 2.81. The van der Waals surface area contributed by atoms with E-state index in [0.29, 0.717) is 16.7 Å². The van der Waals surface area contributed by atoms with E-state index in [-0.39, 0.29) is 5.56 Å². The van der Waals surface area contributed by atoms with Crippen molar-refractivity contribution in [2.45, 2.75) is 20.4 Å². The molecular weight excluding hydrogens is 298 g/mol. The lowest BCUT2D eigenvalue weighted by Crippen LogP contribution is -2.21. The summed E-state index contributed by atoms with van der Waals surface area (Å²) in [4.78, 5) is 11.7. The summed E-state index contributed by atoms with van der Waals surface area (Å²) >= 11 is 3.27. The van der Waals surface area contributed by atoms with Gasteiger partial charge in [-0.3, -0.25) is 9.89 Å². The zero-order chi connectivity index (χ0) is 13.3. The molecule has 2 N–H and O–H groups in total. The number of nitrogens with one attached hydrogen (secondary N) is 2. The van der Waals surface area contributed by atoms with Crippen molar-refractivity contribution in [3.8, 4) is 0 Å². The van der Waals surface area contributed by atoms with Gasteiger partial charge in [0.05, 0.1) is 17.6 Å². The Kier molecular flexibility index (Phi) is 3.51. The maximum Gasteiger partial charge on any atom is 0.282 e. The first kappa shape index (κ1) is 12.8. The van der Waals surface area contributed by atoms with E-state index in [2.05, 4.69) is 36.5 Å². The summed E-state index contributed by atoms with van der Waals surface area (Å²) in [6.45, 7) is 4.51. The number of nitrogens with zero attached hydrogens (tertiary/aromatic N) is 3. The fourth-order valence-electron chi connectivity index (χ4n) is 1.65. The van der Waals surface area contributed by atoms with E-state index >= 15 is 0 Å². The zero-order valence-corrected chi connectivity index (χ0v) is 12.0. The molecule has 0 aromatic carbocycles. The van der Waals surface area contributed by atoms with Crippen LogP contribution in [0.25, 0.3) is 0 Å². The van der Waals surface area contributed by atoms with Crippen LogP contribution in [0.2, 0.25) is 0 Å². The van der Waals surface area contributed by atoms with Crippen LogP contribution in [0.15, 0.2) is 15.5 Å². The summed E-state index contributed by atoms with van der Waals surface area (Å²) in [6.07, 6.45) is 1.62. The Hall–Kier alpha value is -1.63. The summed E-state index contributed by atoms with van der Waals surface area (Å²) < 4.78 is 1.77. The number of hydrogen-bond donors (Lipinski definition) is 2. The lowest BCUT2D eigenvalue weighted by Gasteiger charge is -2.08. The Labute approximate surface area is 113 Å². The molecule has 0 saturated heterocycles. The standard InChI is InChI=1S/C11H14BrN5O/c1-6-8(7(2)16-15-6)4-13-9-5-14-17(3)11(18)10(9)12/h5,13H,4H2,1-3H3,(H,15,16). The molecule has 0 unspecified atom stereocenters. The summed E-state index contributed by atoms with van der Waals surface area (Å²) in [5.74, 6) is 0. The molecule has 2 aromatic rings. The molecule has 2 aromatic heterocycles. The normalized spacial score (nSPS) is 10.7. The van der Waals surface area contributed by atoms with E-state index in [9.17, 15) is 4.79 Å². The van der Waals surface area contributed by atoms with Gasteiger partial charge in [0.15, 0.2) is 0 Å². The monoisotopic (exact) mass is 311 g/mol. The van der Waals surface area contributed by atoms with Gasteiger partial charge < -0.3 is 5.32 Å². The molecule has 0 atom stereocenters. The van der Waals surface area contributed by atoms with Crippen molar-refractivity contribution in [2.24, 2.45) is 7.05 Å². The Morgan fingerprint density at radius 2 is 2.22 bits per heavy atom. The van der Waals surface area contributed by atoms with Crippen LogP contribution in [0, 0.1) is 13.8 Å². The molecule has 0 aliphatic rings. The third-order valence-corrected chi connectivity index (χ3v) is 3.58. The van der Waals surface area contributed by atoms with Gasteiger partial charge in [0.2, 0.25) is 0 Å². The highest BCUT2D eigenvalue weighted by molar-refractivity contribution is 9.10. The van der Waals surface area contributed by atoms with Crippen molar-refractivity contribution in [1.29, 1.82) is 0 Å². The van der Waals surface area contributed by atoms with E-state index in [1.165, 1.54) is 4.68 Å². The average Bonchev–Trinajstić information content (AvgIpc) is 2.66. The molecule has 2 heterocycles. The van der Waals surface area contributed by atoms with Gasteiger partial charge in [0.25, 0.3) is 5.56 Å². The number of hydrogen-bond acceptors (Lipinski definition) is 4. The van der Waals surface area contributed by atoms with Crippen LogP contribution in [-0.4, -0.2) is 20.0 Å². The largest absolute Gasteiger partial charge is 0.378 e. The topological polar surface area (TPSA) is 75.6 Å². The smallest absolute Gasteiger partial charge is 0.282 e. The van der Waals surface area contributed by atoms with E-state index in [1.54, 1.807) is 13.2 Å². The molecule has 7 heteroatoms. The van der Waals surface area contributed by atoms with Crippen molar-refractivity contribution in [1.82, 2.24) is 20.0 Å². The van der Waals surface area contributed by atoms with Crippen LogP contribution < -0.4 is 10.9 Å². The molecule has 6 nitrogen and oxygen atoms in total. The predicted octanol–water partition coefficient (Wildman–Crippen LogP) is 1.49. The second kappa shape index (κ2) is 4.93. The van der Waals surface area contributed by atoms with Crippen LogP contribution >= 0.6 is 15.9 Å². The van der Waals surface area contributed by atoms with Gasteiger partial charge in [0.1, 0.15) is 4.47 Å². The average molecular weight is 312 g/mol. The first-order valence-electron chi connectivity index (χ1n) is 5.47. The minimum atomic E-state index is -0.166. The second-order valence-corrected chi connectivity index (χ2v) is 4.86. The Morgan fingerprint density at radius 1 is 1.50 bits per heavy atom. The number of rotatable bonds is 3. The minimum absolute atomic E-state index is 0.166. The second-order valence-electron chi connectivity index (χ2n) is 4.07. The molecular formula is C11H14BrN5O. The fourth-order valence-corrected chi connectivity index (χ4v) is 2.15. The van der Waals surface area contributed by atoms with E-state index in [4.69, 9.17) is 0 Å². The lowest BCUT2D eigenvalue weighted by molar-refractivity contribution is 0.703. The Balaban J connectivity index is 2.22. The fraction of sp³-hybridized carbons (Fsp3) is 0.364. The first-order valence-corrected chi connectivity index (χ1v) is 6.26. The van der Waals surface area contributed by atoms with Crippen molar-refractivity contribution in [3.63, 3.8) is 0 Å². The summed E-state index contributed by atoms with van der Waals surface area (Å²) in [6, 6.07) is 0. The quantitative estimate of drug-likeness (QED) is 0.900. The molecule has 0 spiro atoms. The number of halogens is 1. The Morgan fingerprint density at radius 3 is 2.83 bits per heavy atom. The van der Waals surface area contributed by atoms with Crippen molar-refractivity contribution in [3.05, 3.63) is 38.0 Å². The molecule has 18 heavy (non-hydrogen) atoms. The highest BCUT2D eigenvalue weighted by atomic mass is 79.9. The first-order chi connectivity index (χ1) is 8.50. The van der Waals surface area contributed by atoms with Gasteiger partial charge in [-0.25, -0.2) is 4.68 Å². The maximum absolute atomic E-state index is 11.7. The van der Waals surface area contributed by atoms with Gasteiger partial charge in [-0.05, 0) is 29.8 Å². The van der Waals surface area contributed by atoms with Gasteiger partial charge in [-0.2, -0.15) is 10.2 Å². The number of anilines is 1. The van der Waals surface area contributed by atoms with Gasteiger partial charge in [0, 0.05) is 24.8 Å². The summed E-state index contributed by atoms with van der Waals surface area (Å²) in [5, 5.41) is 14.2. The summed E-state index contributed by atoms with van der Waals surface area (Å²) in [7, 11) is 1.61. The highest BCUT2D eigenvalue weighted by Gasteiger charge is 2.09. The van der Waals surface area contributed by atoms with E-state index in [1.807, 2.05) is 13.8 Å². The predicted molar refractivity (Wildman–Crippen MR) is 72.6 cm³/mol. The summed E-state index contributed by atoms with van der Waals surface area (Å²) in [5.41, 5.74) is 3.59. The van der Waals surface area contributed by atoms with Crippen molar-refractivity contribution in [2.75, 3.05) is 5.32 Å². The van der Waals surface area contributed by atoms with E-state index in [0.717, 1.165) is 17.0 Å². The van der Waals surface area contributed by atoms with Gasteiger partial charge in [-0.1, -0.05) is 0 Å². The Bertz CT molecular complexity index is 611. The van der Waals surface area contributed by atoms with Gasteiger partial charge >= 0.3 is 0 Å². The van der Waals surface area contributed by atoms with Crippen molar-refractivity contribution >= 4 is 21.6 Å². The molecule has 0 amide bonds. The van der Waals surface area contributed by atoms with Gasteiger partial charge in [-0.15, -0.1) is 0 Å². The lowest BCUT2D eigenvalue weighted by atomic mass is 10.2. The highest BCUT2D eigenvalue weighted by Crippen LogP contribution is 2.18. The molecule has 0 aliphatic carbocycles.